The first-order valence-corrected chi connectivity index (χ1v) is 5.18. The standard InChI is InChI=1S/C12H12F4O2/c1-7(18-2)5-11(17)8-3-4-9(10(13)6-8)12(14,15)16/h3-4,6-7H,5H2,1-2H3. The Morgan fingerprint density at radius 2 is 2.00 bits per heavy atom. The number of ether oxygens (including phenoxy) is 1. The van der Waals surface area contributed by atoms with Gasteiger partial charge in [-0.3, -0.25) is 4.79 Å². The predicted octanol–water partition coefficient (Wildman–Crippen LogP) is 3.45. The van der Waals surface area contributed by atoms with Gasteiger partial charge in [0.1, 0.15) is 5.82 Å². The van der Waals surface area contributed by atoms with Crippen LogP contribution in [-0.2, 0) is 10.9 Å². The largest absolute Gasteiger partial charge is 0.419 e. The van der Waals surface area contributed by atoms with Crippen LogP contribution in [0.5, 0.6) is 0 Å². The van der Waals surface area contributed by atoms with Gasteiger partial charge in [-0.1, -0.05) is 6.07 Å². The van der Waals surface area contributed by atoms with Gasteiger partial charge in [0.15, 0.2) is 5.78 Å². The summed E-state index contributed by atoms with van der Waals surface area (Å²) >= 11 is 0. The quantitative estimate of drug-likeness (QED) is 0.615. The van der Waals surface area contributed by atoms with Crippen LogP contribution in [0.3, 0.4) is 0 Å². The molecule has 18 heavy (non-hydrogen) atoms. The minimum Gasteiger partial charge on any atom is -0.381 e. The van der Waals surface area contributed by atoms with Crippen molar-refractivity contribution in [3.8, 4) is 0 Å². The van der Waals surface area contributed by atoms with E-state index >= 15 is 0 Å². The lowest BCUT2D eigenvalue weighted by Gasteiger charge is -2.11. The Kier molecular flexibility index (Phi) is 4.45. The Morgan fingerprint density at radius 3 is 2.44 bits per heavy atom. The Balaban J connectivity index is 2.94. The van der Waals surface area contributed by atoms with Crippen molar-refractivity contribution in [3.05, 3.63) is 35.1 Å². The SMILES string of the molecule is COC(C)CC(=O)c1ccc(C(F)(F)F)c(F)c1. The average Bonchev–Trinajstić information content (AvgIpc) is 2.26. The fourth-order valence-electron chi connectivity index (χ4n) is 1.38. The summed E-state index contributed by atoms with van der Waals surface area (Å²) in [5.74, 6) is -1.91. The number of benzene rings is 1. The summed E-state index contributed by atoms with van der Waals surface area (Å²) in [7, 11) is 1.41. The highest BCUT2D eigenvalue weighted by Gasteiger charge is 2.34. The Hall–Kier alpha value is -1.43. The van der Waals surface area contributed by atoms with E-state index in [4.69, 9.17) is 4.74 Å². The molecule has 0 saturated heterocycles. The van der Waals surface area contributed by atoms with Crippen molar-refractivity contribution < 1.29 is 27.1 Å². The number of methoxy groups -OCH3 is 1. The van der Waals surface area contributed by atoms with Gasteiger partial charge in [-0.05, 0) is 19.1 Å². The molecule has 1 unspecified atom stereocenters. The van der Waals surface area contributed by atoms with Gasteiger partial charge in [-0.25, -0.2) is 4.39 Å². The number of carbonyl (C=O) groups is 1. The van der Waals surface area contributed by atoms with Gasteiger partial charge in [0, 0.05) is 19.1 Å². The molecule has 2 nitrogen and oxygen atoms in total. The number of ketones is 1. The third-order valence-electron chi connectivity index (χ3n) is 2.47. The van der Waals surface area contributed by atoms with Crippen LogP contribution in [-0.4, -0.2) is 19.0 Å². The summed E-state index contributed by atoms with van der Waals surface area (Å²) in [5.41, 5.74) is -1.47. The summed E-state index contributed by atoms with van der Waals surface area (Å²) < 4.78 is 55.0. The molecule has 0 spiro atoms. The van der Waals surface area contributed by atoms with Gasteiger partial charge >= 0.3 is 6.18 Å². The molecular weight excluding hydrogens is 252 g/mol. The fraction of sp³-hybridized carbons (Fsp3) is 0.417. The van der Waals surface area contributed by atoms with Crippen LogP contribution in [0.4, 0.5) is 17.6 Å². The van der Waals surface area contributed by atoms with Crippen LogP contribution in [0.15, 0.2) is 18.2 Å². The summed E-state index contributed by atoms with van der Waals surface area (Å²) in [5, 5.41) is 0. The molecule has 1 aromatic carbocycles. The second kappa shape index (κ2) is 5.48. The summed E-state index contributed by atoms with van der Waals surface area (Å²) in [6.45, 7) is 1.64. The number of Topliss-reactive ketones (excluding diaryl/α,β-unsaturated/α-hetero) is 1. The Labute approximate surface area is 102 Å². The average molecular weight is 264 g/mol. The van der Waals surface area contributed by atoms with Crippen molar-refractivity contribution in [2.75, 3.05) is 7.11 Å². The molecule has 6 heteroatoms. The number of hydrogen-bond acceptors (Lipinski definition) is 2. The lowest BCUT2D eigenvalue weighted by atomic mass is 10.0. The maximum absolute atomic E-state index is 13.2. The summed E-state index contributed by atoms with van der Waals surface area (Å²) in [6, 6.07) is 2.14. The molecule has 0 saturated carbocycles. The predicted molar refractivity (Wildman–Crippen MR) is 56.8 cm³/mol. The molecule has 0 bridgehead atoms. The maximum Gasteiger partial charge on any atom is 0.419 e. The summed E-state index contributed by atoms with van der Waals surface area (Å²) in [6.07, 6.45) is -5.14. The van der Waals surface area contributed by atoms with Crippen LogP contribution in [0.25, 0.3) is 0 Å². The van der Waals surface area contributed by atoms with E-state index in [9.17, 15) is 22.4 Å². The lowest BCUT2D eigenvalue weighted by molar-refractivity contribution is -0.140. The van der Waals surface area contributed by atoms with E-state index in [1.54, 1.807) is 6.92 Å². The molecule has 0 fully saturated rings. The van der Waals surface area contributed by atoms with Gasteiger partial charge in [0.05, 0.1) is 11.7 Å². The maximum atomic E-state index is 13.2. The molecule has 0 N–H and O–H groups in total. The van der Waals surface area contributed by atoms with Crippen molar-refractivity contribution in [3.63, 3.8) is 0 Å². The third-order valence-corrected chi connectivity index (χ3v) is 2.47. The van der Waals surface area contributed by atoms with Crippen LogP contribution in [0.2, 0.25) is 0 Å². The smallest absolute Gasteiger partial charge is 0.381 e. The number of rotatable bonds is 4. The Morgan fingerprint density at radius 1 is 1.39 bits per heavy atom. The topological polar surface area (TPSA) is 26.3 Å². The van der Waals surface area contributed by atoms with E-state index in [1.807, 2.05) is 0 Å². The molecule has 0 radical (unpaired) electrons. The highest BCUT2D eigenvalue weighted by Crippen LogP contribution is 2.31. The van der Waals surface area contributed by atoms with Crippen molar-refractivity contribution in [1.82, 2.24) is 0 Å². The van der Waals surface area contributed by atoms with Crippen LogP contribution >= 0.6 is 0 Å². The normalized spacial score (nSPS) is 13.4. The first kappa shape index (κ1) is 14.6. The zero-order chi connectivity index (χ0) is 13.9. The van der Waals surface area contributed by atoms with E-state index in [-0.39, 0.29) is 18.1 Å². The van der Waals surface area contributed by atoms with Gasteiger partial charge in [0.25, 0.3) is 0 Å². The molecule has 0 amide bonds. The van der Waals surface area contributed by atoms with Crippen LogP contribution < -0.4 is 0 Å². The molecule has 1 atom stereocenters. The van der Waals surface area contributed by atoms with E-state index in [2.05, 4.69) is 0 Å². The van der Waals surface area contributed by atoms with E-state index in [0.717, 1.165) is 6.07 Å². The molecule has 1 rings (SSSR count). The van der Waals surface area contributed by atoms with Gasteiger partial charge in [-0.2, -0.15) is 13.2 Å². The summed E-state index contributed by atoms with van der Waals surface area (Å²) in [4.78, 5) is 11.6. The minimum absolute atomic E-state index is 0.0126. The van der Waals surface area contributed by atoms with E-state index in [0.29, 0.717) is 12.1 Å². The molecule has 0 aliphatic carbocycles. The molecule has 0 heterocycles. The second-order valence-electron chi connectivity index (χ2n) is 3.87. The van der Waals surface area contributed by atoms with Crippen molar-refractivity contribution >= 4 is 5.78 Å². The highest BCUT2D eigenvalue weighted by atomic mass is 19.4. The lowest BCUT2D eigenvalue weighted by Crippen LogP contribution is -2.14. The monoisotopic (exact) mass is 264 g/mol. The zero-order valence-electron chi connectivity index (χ0n) is 9.84. The van der Waals surface area contributed by atoms with E-state index < -0.39 is 23.3 Å². The van der Waals surface area contributed by atoms with Gasteiger partial charge in [0.2, 0.25) is 0 Å². The number of hydrogen-bond donors (Lipinski definition) is 0. The molecular formula is C12H12F4O2. The van der Waals surface area contributed by atoms with Crippen LogP contribution in [0, 0.1) is 5.82 Å². The van der Waals surface area contributed by atoms with E-state index in [1.165, 1.54) is 7.11 Å². The third kappa shape index (κ3) is 3.53. The number of alkyl halides is 3. The second-order valence-corrected chi connectivity index (χ2v) is 3.87. The van der Waals surface area contributed by atoms with Crippen molar-refractivity contribution in [1.29, 1.82) is 0 Å². The minimum atomic E-state index is -4.76. The fourth-order valence-corrected chi connectivity index (χ4v) is 1.38. The molecule has 0 aliphatic heterocycles. The highest BCUT2D eigenvalue weighted by molar-refractivity contribution is 5.96. The van der Waals surface area contributed by atoms with Crippen LogP contribution in [0.1, 0.15) is 29.3 Å². The molecule has 1 aromatic rings. The van der Waals surface area contributed by atoms with Gasteiger partial charge in [-0.15, -0.1) is 0 Å². The molecule has 100 valence electrons. The first-order chi connectivity index (χ1) is 8.25. The number of halogens is 4. The first-order valence-electron chi connectivity index (χ1n) is 5.18. The number of carbonyl (C=O) groups excluding carboxylic acids is 1. The zero-order valence-corrected chi connectivity index (χ0v) is 9.84. The molecule has 0 aliphatic rings. The van der Waals surface area contributed by atoms with Crippen molar-refractivity contribution in [2.24, 2.45) is 0 Å². The van der Waals surface area contributed by atoms with Gasteiger partial charge < -0.3 is 4.74 Å². The Bertz CT molecular complexity index is 440. The molecule has 0 aromatic heterocycles. The van der Waals surface area contributed by atoms with Crippen molar-refractivity contribution in [2.45, 2.75) is 25.6 Å².